The topological polar surface area (TPSA) is 90.9 Å². The van der Waals surface area contributed by atoms with Crippen molar-refractivity contribution in [2.75, 3.05) is 0 Å². The molecule has 0 radical (unpaired) electrons. The van der Waals surface area contributed by atoms with Crippen molar-refractivity contribution < 1.29 is 19.7 Å². The van der Waals surface area contributed by atoms with Gasteiger partial charge in [-0.2, -0.15) is 0 Å². The van der Waals surface area contributed by atoms with Crippen molar-refractivity contribution in [3.63, 3.8) is 0 Å². The summed E-state index contributed by atoms with van der Waals surface area (Å²) in [7, 11) is 0. The largest absolute Gasteiger partial charge is 0.504 e. The van der Waals surface area contributed by atoms with Crippen molar-refractivity contribution in [2.45, 2.75) is 27.2 Å². The van der Waals surface area contributed by atoms with E-state index in [1.807, 2.05) is 56.3 Å². The first-order valence-corrected chi connectivity index (χ1v) is 9.52. The van der Waals surface area contributed by atoms with E-state index in [0.717, 1.165) is 10.8 Å². The van der Waals surface area contributed by atoms with Crippen molar-refractivity contribution in [1.29, 1.82) is 0 Å². The average Bonchev–Trinajstić information content (AvgIpc) is 2.69. The number of aromatic hydroxyl groups is 3. The van der Waals surface area contributed by atoms with E-state index in [4.69, 9.17) is 4.42 Å². The Morgan fingerprint density at radius 3 is 2.31 bits per heavy atom. The minimum absolute atomic E-state index is 0.110. The van der Waals surface area contributed by atoms with Gasteiger partial charge in [0.1, 0.15) is 16.7 Å². The number of hydrogen-bond donors (Lipinski definition) is 3. The van der Waals surface area contributed by atoms with Crippen LogP contribution in [0.1, 0.15) is 25.2 Å². The summed E-state index contributed by atoms with van der Waals surface area (Å²) < 4.78 is 5.96. The molecular formula is C24H22O5. The number of phenols is 3. The Labute approximate surface area is 167 Å². The number of benzene rings is 3. The van der Waals surface area contributed by atoms with E-state index in [-0.39, 0.29) is 16.9 Å². The van der Waals surface area contributed by atoms with Crippen LogP contribution in [0.3, 0.4) is 0 Å². The van der Waals surface area contributed by atoms with Crippen molar-refractivity contribution in [3.05, 3.63) is 64.0 Å². The number of phenolic OH excluding ortho intramolecular Hbond substituents is 3. The van der Waals surface area contributed by atoms with Gasteiger partial charge in [0.2, 0.25) is 11.2 Å². The Hall–Kier alpha value is -3.47. The molecule has 0 saturated heterocycles. The smallest absolute Gasteiger partial charge is 0.204 e. The van der Waals surface area contributed by atoms with Crippen LogP contribution < -0.4 is 5.43 Å². The van der Waals surface area contributed by atoms with Gasteiger partial charge in [-0.25, -0.2) is 0 Å². The van der Waals surface area contributed by atoms with Crippen molar-refractivity contribution in [3.8, 4) is 28.4 Å². The zero-order chi connectivity index (χ0) is 20.9. The molecule has 3 aromatic carbocycles. The monoisotopic (exact) mass is 390 g/mol. The van der Waals surface area contributed by atoms with E-state index in [0.29, 0.717) is 28.9 Å². The molecule has 3 N–H and O–H groups in total. The molecule has 5 nitrogen and oxygen atoms in total. The van der Waals surface area contributed by atoms with E-state index in [2.05, 4.69) is 0 Å². The molecule has 5 heteroatoms. The molecule has 0 aliphatic heterocycles. The molecule has 4 rings (SSSR count). The molecule has 1 aromatic heterocycles. The Morgan fingerprint density at radius 1 is 0.931 bits per heavy atom. The molecule has 4 aromatic rings. The van der Waals surface area contributed by atoms with Crippen LogP contribution in [0, 0.1) is 12.8 Å². The van der Waals surface area contributed by atoms with Crippen LogP contribution >= 0.6 is 0 Å². The van der Waals surface area contributed by atoms with E-state index in [1.165, 1.54) is 0 Å². The summed E-state index contributed by atoms with van der Waals surface area (Å²) in [6, 6.07) is 13.5. The maximum Gasteiger partial charge on any atom is 0.204 e. The number of hydrogen-bond acceptors (Lipinski definition) is 5. The fourth-order valence-corrected chi connectivity index (χ4v) is 3.83. The Morgan fingerprint density at radius 2 is 1.62 bits per heavy atom. The third kappa shape index (κ3) is 2.99. The van der Waals surface area contributed by atoms with Crippen LogP contribution in [-0.4, -0.2) is 15.3 Å². The predicted octanol–water partition coefficient (Wildman–Crippen LogP) is 5.24. The summed E-state index contributed by atoms with van der Waals surface area (Å²) in [5.41, 5.74) is 0.958. The van der Waals surface area contributed by atoms with Crippen LogP contribution in [0.15, 0.2) is 51.7 Å². The summed E-state index contributed by atoms with van der Waals surface area (Å²) in [6.07, 6.45) is 0.383. The quantitative estimate of drug-likeness (QED) is 0.416. The van der Waals surface area contributed by atoms with Crippen LogP contribution in [0.4, 0.5) is 0 Å². The van der Waals surface area contributed by atoms with Gasteiger partial charge in [-0.15, -0.1) is 0 Å². The fraction of sp³-hybridized carbons (Fsp3) is 0.208. The third-order valence-electron chi connectivity index (χ3n) is 5.18. The molecule has 148 valence electrons. The molecule has 0 amide bonds. The van der Waals surface area contributed by atoms with Crippen LogP contribution in [0.25, 0.3) is 32.9 Å². The van der Waals surface area contributed by atoms with Crippen LogP contribution in [-0.2, 0) is 6.42 Å². The number of rotatable bonds is 3. The van der Waals surface area contributed by atoms with E-state index in [1.54, 1.807) is 6.92 Å². The minimum Gasteiger partial charge on any atom is -0.504 e. The fourth-order valence-electron chi connectivity index (χ4n) is 3.83. The van der Waals surface area contributed by atoms with Crippen molar-refractivity contribution >= 4 is 21.7 Å². The molecule has 0 saturated carbocycles. The molecule has 0 unspecified atom stereocenters. The van der Waals surface area contributed by atoms with Gasteiger partial charge in [-0.1, -0.05) is 50.2 Å². The summed E-state index contributed by atoms with van der Waals surface area (Å²) in [5.74, 6) is -1.30. The average molecular weight is 390 g/mol. The van der Waals surface area contributed by atoms with Crippen molar-refractivity contribution in [1.82, 2.24) is 0 Å². The first-order valence-electron chi connectivity index (χ1n) is 9.52. The highest BCUT2D eigenvalue weighted by Gasteiger charge is 2.25. The highest BCUT2D eigenvalue weighted by Crippen LogP contribution is 2.45. The first kappa shape index (κ1) is 18.9. The van der Waals surface area contributed by atoms with E-state index in [9.17, 15) is 20.1 Å². The molecule has 0 aliphatic rings. The second-order valence-corrected chi connectivity index (χ2v) is 7.75. The normalized spacial score (nSPS) is 11.6. The zero-order valence-corrected chi connectivity index (χ0v) is 16.5. The third-order valence-corrected chi connectivity index (χ3v) is 5.18. The van der Waals surface area contributed by atoms with Gasteiger partial charge in [-0.05, 0) is 41.7 Å². The Balaban J connectivity index is 2.08. The molecular weight excluding hydrogens is 368 g/mol. The summed E-state index contributed by atoms with van der Waals surface area (Å²) in [4.78, 5) is 13.4. The maximum atomic E-state index is 13.4. The lowest BCUT2D eigenvalue weighted by Crippen LogP contribution is -2.10. The summed E-state index contributed by atoms with van der Waals surface area (Å²) in [5, 5.41) is 32.9. The molecule has 0 atom stereocenters. The first-order chi connectivity index (χ1) is 13.8. The highest BCUT2D eigenvalue weighted by atomic mass is 16.3. The van der Waals surface area contributed by atoms with Gasteiger partial charge in [-0.3, -0.25) is 4.79 Å². The lowest BCUT2D eigenvalue weighted by atomic mass is 9.95. The number of aryl methyl sites for hydroxylation is 1. The second-order valence-electron chi connectivity index (χ2n) is 7.75. The van der Waals surface area contributed by atoms with Gasteiger partial charge in [0.05, 0.1) is 5.56 Å². The summed E-state index contributed by atoms with van der Waals surface area (Å²) in [6.45, 7) is 5.58. The minimum atomic E-state index is -0.700. The molecule has 0 aliphatic carbocycles. The lowest BCUT2D eigenvalue weighted by molar-refractivity contribution is 0.365. The molecule has 0 spiro atoms. The van der Waals surface area contributed by atoms with Crippen LogP contribution in [0.5, 0.6) is 17.2 Å². The van der Waals surface area contributed by atoms with Crippen molar-refractivity contribution in [2.24, 2.45) is 5.92 Å². The number of fused-ring (bicyclic) bond motifs is 2. The molecule has 29 heavy (non-hydrogen) atoms. The molecule has 0 fully saturated rings. The predicted molar refractivity (Wildman–Crippen MR) is 114 cm³/mol. The van der Waals surface area contributed by atoms with E-state index >= 15 is 0 Å². The summed E-state index contributed by atoms with van der Waals surface area (Å²) >= 11 is 0. The van der Waals surface area contributed by atoms with Gasteiger partial charge in [0, 0.05) is 5.56 Å². The second kappa shape index (κ2) is 6.85. The lowest BCUT2D eigenvalue weighted by Gasteiger charge is -2.15. The molecule has 1 heterocycles. The van der Waals surface area contributed by atoms with Crippen LogP contribution in [0.2, 0.25) is 0 Å². The van der Waals surface area contributed by atoms with Gasteiger partial charge in [0.15, 0.2) is 11.5 Å². The Bertz CT molecular complexity index is 1310. The zero-order valence-electron chi connectivity index (χ0n) is 16.5. The molecule has 0 bridgehead atoms. The van der Waals surface area contributed by atoms with E-state index < -0.39 is 22.7 Å². The van der Waals surface area contributed by atoms with Gasteiger partial charge >= 0.3 is 0 Å². The SMILES string of the molecule is Cc1oc2c(CC(C)C)c(O)c(O)c(O)c2c(=O)c1-c1ccc2ccccc2c1. The highest BCUT2D eigenvalue weighted by molar-refractivity contribution is 5.95. The van der Waals surface area contributed by atoms with Gasteiger partial charge in [0.25, 0.3) is 0 Å². The standard InChI is InChI=1S/C24H22O5/c1-12(2)10-17-20(25)23(28)22(27)19-21(26)18(13(3)29-24(17)19)16-9-8-14-6-4-5-7-15(14)11-16/h4-9,11-12,25,27-28H,10H2,1-3H3. The Kier molecular flexibility index (Phi) is 4.46. The van der Waals surface area contributed by atoms with Gasteiger partial charge < -0.3 is 19.7 Å². The maximum absolute atomic E-state index is 13.4.